The van der Waals surface area contributed by atoms with Gasteiger partial charge >= 0.3 is 0 Å². The van der Waals surface area contributed by atoms with Gasteiger partial charge in [-0.25, -0.2) is 0 Å². The maximum Gasteiger partial charge on any atom is 0.191 e. The van der Waals surface area contributed by atoms with Crippen LogP contribution in [0.5, 0.6) is 0 Å². The molecule has 0 saturated carbocycles. The number of benzene rings is 1. The molecule has 0 radical (unpaired) electrons. The summed E-state index contributed by atoms with van der Waals surface area (Å²) in [7, 11) is 3.91. The summed E-state index contributed by atoms with van der Waals surface area (Å²) in [4.78, 5) is 6.50. The molecule has 5 nitrogen and oxygen atoms in total. The lowest BCUT2D eigenvalue weighted by Gasteiger charge is -2.19. The Kier molecular flexibility index (Phi) is 10.3. The molecule has 0 saturated heterocycles. The molecule has 0 amide bonds. The van der Waals surface area contributed by atoms with Crippen molar-refractivity contribution < 1.29 is 4.42 Å². The van der Waals surface area contributed by atoms with Crippen molar-refractivity contribution in [1.82, 2.24) is 15.5 Å². The highest BCUT2D eigenvalue weighted by molar-refractivity contribution is 14.0. The largest absolute Gasteiger partial charge is 0.468 e. The van der Waals surface area contributed by atoms with Gasteiger partial charge in [0, 0.05) is 26.7 Å². The van der Waals surface area contributed by atoms with Gasteiger partial charge in [-0.2, -0.15) is 0 Å². The van der Waals surface area contributed by atoms with Crippen LogP contribution in [-0.2, 0) is 19.6 Å². The SMILES string of the molecule is CCCNC(=NC)NCc1ccccc1CN(C)Cc1ccco1.I. The van der Waals surface area contributed by atoms with Crippen LogP contribution in [0.2, 0.25) is 0 Å². The lowest BCUT2D eigenvalue weighted by atomic mass is 10.1. The molecule has 2 N–H and O–H groups in total. The van der Waals surface area contributed by atoms with Crippen LogP contribution in [0.4, 0.5) is 0 Å². The van der Waals surface area contributed by atoms with Gasteiger partial charge in [0.2, 0.25) is 0 Å². The van der Waals surface area contributed by atoms with Crippen LogP contribution in [0.1, 0.15) is 30.2 Å². The topological polar surface area (TPSA) is 52.8 Å². The molecule has 1 heterocycles. The lowest BCUT2D eigenvalue weighted by Crippen LogP contribution is -2.37. The number of rotatable bonds is 8. The van der Waals surface area contributed by atoms with Gasteiger partial charge < -0.3 is 15.1 Å². The molecule has 1 aromatic heterocycles. The van der Waals surface area contributed by atoms with Gasteiger partial charge in [0.15, 0.2) is 5.96 Å². The summed E-state index contributed by atoms with van der Waals surface area (Å²) in [6.45, 7) is 5.50. The van der Waals surface area contributed by atoms with Gasteiger partial charge in [0.25, 0.3) is 0 Å². The summed E-state index contributed by atoms with van der Waals surface area (Å²) in [6, 6.07) is 12.4. The summed E-state index contributed by atoms with van der Waals surface area (Å²) in [5, 5.41) is 6.68. The van der Waals surface area contributed by atoms with E-state index in [2.05, 4.69) is 58.8 Å². The Balaban J connectivity index is 0.00000312. The van der Waals surface area contributed by atoms with Gasteiger partial charge in [0.05, 0.1) is 12.8 Å². The Hall–Kier alpha value is -1.54. The third kappa shape index (κ3) is 7.48. The summed E-state index contributed by atoms with van der Waals surface area (Å²) < 4.78 is 5.43. The number of hydrogen-bond acceptors (Lipinski definition) is 3. The second kappa shape index (κ2) is 11.9. The highest BCUT2D eigenvalue weighted by atomic mass is 127. The van der Waals surface area contributed by atoms with E-state index in [-0.39, 0.29) is 24.0 Å². The standard InChI is InChI=1S/C19H28N4O.HI/c1-4-11-21-19(20-2)22-13-16-8-5-6-9-17(16)14-23(3)15-18-10-7-12-24-18;/h5-10,12H,4,11,13-15H2,1-3H3,(H2,20,21,22);1H. The minimum atomic E-state index is 0. The fraction of sp³-hybridized carbons (Fsp3) is 0.421. The highest BCUT2D eigenvalue weighted by Gasteiger charge is 2.08. The second-order valence-electron chi connectivity index (χ2n) is 5.87. The molecule has 138 valence electrons. The molecule has 0 aliphatic rings. The number of aliphatic imine (C=N–C) groups is 1. The third-order valence-electron chi connectivity index (χ3n) is 3.78. The Morgan fingerprint density at radius 2 is 1.84 bits per heavy atom. The van der Waals surface area contributed by atoms with Gasteiger partial charge in [-0.15, -0.1) is 24.0 Å². The van der Waals surface area contributed by atoms with Crippen LogP contribution in [0.25, 0.3) is 0 Å². The number of guanidine groups is 1. The monoisotopic (exact) mass is 456 g/mol. The summed E-state index contributed by atoms with van der Waals surface area (Å²) in [6.07, 6.45) is 2.80. The summed E-state index contributed by atoms with van der Waals surface area (Å²) in [5.74, 6) is 1.83. The van der Waals surface area contributed by atoms with Crippen molar-refractivity contribution >= 4 is 29.9 Å². The predicted octanol–water partition coefficient (Wildman–Crippen LogP) is 3.60. The van der Waals surface area contributed by atoms with Gasteiger partial charge in [-0.1, -0.05) is 31.2 Å². The normalized spacial score (nSPS) is 11.3. The van der Waals surface area contributed by atoms with Crippen LogP contribution < -0.4 is 10.6 Å². The molecule has 0 unspecified atom stereocenters. The third-order valence-corrected chi connectivity index (χ3v) is 3.78. The molecular weight excluding hydrogens is 427 g/mol. The average Bonchev–Trinajstić information content (AvgIpc) is 3.09. The predicted molar refractivity (Wildman–Crippen MR) is 114 cm³/mol. The molecule has 0 fully saturated rings. The van der Waals surface area contributed by atoms with Crippen molar-refractivity contribution in [2.75, 3.05) is 20.6 Å². The van der Waals surface area contributed by atoms with E-state index < -0.39 is 0 Å². The Morgan fingerprint density at radius 3 is 2.48 bits per heavy atom. The first kappa shape index (κ1) is 21.5. The zero-order chi connectivity index (χ0) is 17.2. The lowest BCUT2D eigenvalue weighted by molar-refractivity contribution is 0.287. The molecule has 2 rings (SSSR count). The van der Waals surface area contributed by atoms with E-state index in [0.717, 1.165) is 44.3 Å². The van der Waals surface area contributed by atoms with Gasteiger partial charge in [-0.05, 0) is 36.7 Å². The Morgan fingerprint density at radius 1 is 1.08 bits per heavy atom. The molecular formula is C19H29IN4O. The molecule has 0 atom stereocenters. The van der Waals surface area contributed by atoms with Gasteiger partial charge in [-0.3, -0.25) is 9.89 Å². The van der Waals surface area contributed by atoms with E-state index in [4.69, 9.17) is 4.42 Å². The molecule has 0 bridgehead atoms. The van der Waals surface area contributed by atoms with E-state index >= 15 is 0 Å². The van der Waals surface area contributed by atoms with Crippen LogP contribution in [0.15, 0.2) is 52.1 Å². The number of nitrogens with zero attached hydrogens (tertiary/aromatic N) is 2. The summed E-state index contributed by atoms with van der Waals surface area (Å²) in [5.41, 5.74) is 2.59. The van der Waals surface area contributed by atoms with Crippen molar-refractivity contribution in [2.45, 2.75) is 33.0 Å². The number of hydrogen-bond donors (Lipinski definition) is 2. The van der Waals surface area contributed by atoms with Crippen molar-refractivity contribution in [3.8, 4) is 0 Å². The first-order valence-corrected chi connectivity index (χ1v) is 8.45. The van der Waals surface area contributed by atoms with E-state index in [9.17, 15) is 0 Å². The summed E-state index contributed by atoms with van der Waals surface area (Å²) >= 11 is 0. The fourth-order valence-corrected chi connectivity index (χ4v) is 2.54. The van der Waals surface area contributed by atoms with Crippen molar-refractivity contribution in [3.63, 3.8) is 0 Å². The smallest absolute Gasteiger partial charge is 0.191 e. The molecule has 2 aromatic rings. The minimum Gasteiger partial charge on any atom is -0.468 e. The van der Waals surface area contributed by atoms with Crippen molar-refractivity contribution in [3.05, 3.63) is 59.5 Å². The first-order chi connectivity index (χ1) is 11.7. The fourth-order valence-electron chi connectivity index (χ4n) is 2.54. The van der Waals surface area contributed by atoms with E-state index in [1.54, 1.807) is 13.3 Å². The van der Waals surface area contributed by atoms with Crippen molar-refractivity contribution in [2.24, 2.45) is 4.99 Å². The number of nitrogens with one attached hydrogen (secondary N) is 2. The van der Waals surface area contributed by atoms with Gasteiger partial charge in [0.1, 0.15) is 5.76 Å². The van der Waals surface area contributed by atoms with Crippen LogP contribution >= 0.6 is 24.0 Å². The molecule has 0 spiro atoms. The average molecular weight is 456 g/mol. The van der Waals surface area contributed by atoms with Crippen molar-refractivity contribution in [1.29, 1.82) is 0 Å². The Labute approximate surface area is 167 Å². The minimum absolute atomic E-state index is 0. The maximum atomic E-state index is 5.43. The Bertz CT molecular complexity index is 628. The van der Waals surface area contributed by atoms with Crippen LogP contribution in [-0.4, -0.2) is 31.5 Å². The van der Waals surface area contributed by atoms with E-state index in [1.807, 2.05) is 12.1 Å². The zero-order valence-electron chi connectivity index (χ0n) is 15.3. The highest BCUT2D eigenvalue weighted by Crippen LogP contribution is 2.13. The molecule has 25 heavy (non-hydrogen) atoms. The second-order valence-corrected chi connectivity index (χ2v) is 5.87. The zero-order valence-corrected chi connectivity index (χ0v) is 17.6. The van der Waals surface area contributed by atoms with Crippen LogP contribution in [0, 0.1) is 0 Å². The van der Waals surface area contributed by atoms with E-state index in [0.29, 0.717) is 0 Å². The maximum absolute atomic E-state index is 5.43. The molecule has 0 aliphatic carbocycles. The molecule has 0 aliphatic heterocycles. The molecule has 1 aromatic carbocycles. The number of halogens is 1. The number of furan rings is 1. The quantitative estimate of drug-likeness (QED) is 0.362. The first-order valence-electron chi connectivity index (χ1n) is 8.45. The van der Waals surface area contributed by atoms with E-state index in [1.165, 1.54) is 11.1 Å². The van der Waals surface area contributed by atoms with Crippen LogP contribution in [0.3, 0.4) is 0 Å². The molecule has 6 heteroatoms.